The number of nitrogens with one attached hydrogen (secondary N) is 2. The van der Waals surface area contributed by atoms with Crippen molar-refractivity contribution in [3.63, 3.8) is 0 Å². The Kier molecular flexibility index (Phi) is 2.79. The maximum absolute atomic E-state index is 13.3. The van der Waals surface area contributed by atoms with Gasteiger partial charge in [0.05, 0.1) is 11.2 Å². The fourth-order valence-corrected chi connectivity index (χ4v) is 2.75. The second-order valence-electron chi connectivity index (χ2n) is 5.18. The van der Waals surface area contributed by atoms with E-state index in [1.54, 1.807) is 12.3 Å². The summed E-state index contributed by atoms with van der Waals surface area (Å²) in [6.45, 7) is 0. The predicted octanol–water partition coefficient (Wildman–Crippen LogP) is 3.48. The van der Waals surface area contributed by atoms with Crippen LogP contribution in [-0.2, 0) is 4.79 Å². The molecule has 0 bridgehead atoms. The second-order valence-corrected chi connectivity index (χ2v) is 5.18. The number of halogens is 1. The van der Waals surface area contributed by atoms with Crippen LogP contribution in [0.25, 0.3) is 10.9 Å². The number of para-hydroxylation sites is 1. The van der Waals surface area contributed by atoms with Gasteiger partial charge in [-0.25, -0.2) is 4.39 Å². The first kappa shape index (κ1) is 12.8. The van der Waals surface area contributed by atoms with Crippen molar-refractivity contribution in [1.82, 2.24) is 4.98 Å². The Bertz CT molecular complexity index is 889. The third kappa shape index (κ3) is 1.98. The smallest absolute Gasteiger partial charge is 0.251 e. The lowest BCUT2D eigenvalue weighted by Crippen LogP contribution is -2.19. The predicted molar refractivity (Wildman–Crippen MR) is 83.1 cm³/mol. The molecule has 3 aromatic rings. The summed E-state index contributed by atoms with van der Waals surface area (Å²) in [4.78, 5) is 16.5. The van der Waals surface area contributed by atoms with Crippen molar-refractivity contribution in [3.8, 4) is 0 Å². The lowest BCUT2D eigenvalue weighted by molar-refractivity contribution is -0.116. The molecule has 4 rings (SSSR count). The number of pyridine rings is 1. The van der Waals surface area contributed by atoms with Crippen molar-refractivity contribution < 1.29 is 9.18 Å². The van der Waals surface area contributed by atoms with Crippen molar-refractivity contribution in [1.29, 1.82) is 0 Å². The van der Waals surface area contributed by atoms with Gasteiger partial charge in [0.15, 0.2) is 0 Å². The van der Waals surface area contributed by atoms with Gasteiger partial charge in [-0.3, -0.25) is 9.78 Å². The van der Waals surface area contributed by atoms with Crippen LogP contribution < -0.4 is 10.6 Å². The Morgan fingerprint density at radius 3 is 2.91 bits per heavy atom. The topological polar surface area (TPSA) is 54.0 Å². The molecule has 2 aromatic carbocycles. The number of aromatic nitrogens is 1. The van der Waals surface area contributed by atoms with Crippen LogP contribution in [0.5, 0.6) is 0 Å². The molecule has 0 saturated heterocycles. The molecule has 1 atom stereocenters. The van der Waals surface area contributed by atoms with Crippen molar-refractivity contribution in [2.24, 2.45) is 0 Å². The second kappa shape index (κ2) is 4.80. The Morgan fingerprint density at radius 2 is 2.00 bits per heavy atom. The van der Waals surface area contributed by atoms with E-state index in [0.717, 1.165) is 22.2 Å². The number of anilines is 2. The van der Waals surface area contributed by atoms with Crippen LogP contribution in [-0.4, -0.2) is 10.9 Å². The molecule has 2 N–H and O–H groups in total. The molecule has 1 aliphatic rings. The third-order valence-corrected chi connectivity index (χ3v) is 3.78. The van der Waals surface area contributed by atoms with Crippen LogP contribution in [0.1, 0.15) is 11.6 Å². The first-order valence-corrected chi connectivity index (χ1v) is 6.93. The van der Waals surface area contributed by atoms with E-state index in [-0.39, 0.29) is 11.7 Å². The molecule has 5 heteroatoms. The van der Waals surface area contributed by atoms with Crippen LogP contribution in [0.4, 0.5) is 15.8 Å². The van der Waals surface area contributed by atoms with Gasteiger partial charge >= 0.3 is 0 Å². The minimum atomic E-state index is -0.553. The van der Waals surface area contributed by atoms with Crippen LogP contribution >= 0.6 is 0 Å². The molecule has 1 aliphatic heterocycles. The molecular formula is C17H12FN3O. The van der Waals surface area contributed by atoms with E-state index < -0.39 is 6.04 Å². The molecule has 2 heterocycles. The summed E-state index contributed by atoms with van der Waals surface area (Å²) in [5.74, 6) is -0.569. The number of carbonyl (C=O) groups excluding carboxylic acids is 1. The maximum atomic E-state index is 13.3. The Balaban J connectivity index is 1.76. The number of nitrogens with zero attached hydrogens (tertiary/aromatic N) is 1. The first-order chi connectivity index (χ1) is 10.7. The summed E-state index contributed by atoms with van der Waals surface area (Å²) >= 11 is 0. The number of fused-ring (bicyclic) bond motifs is 2. The Hall–Kier alpha value is -2.95. The highest BCUT2D eigenvalue weighted by molar-refractivity contribution is 6.05. The van der Waals surface area contributed by atoms with Crippen LogP contribution in [0, 0.1) is 5.82 Å². The van der Waals surface area contributed by atoms with E-state index in [2.05, 4.69) is 15.6 Å². The van der Waals surface area contributed by atoms with Crippen molar-refractivity contribution >= 4 is 28.2 Å². The molecule has 4 nitrogen and oxygen atoms in total. The van der Waals surface area contributed by atoms with Gasteiger partial charge in [0, 0.05) is 22.8 Å². The largest absolute Gasteiger partial charge is 0.368 e. The Labute approximate surface area is 126 Å². The van der Waals surface area contributed by atoms with Gasteiger partial charge in [0.25, 0.3) is 5.91 Å². The number of amides is 1. The molecule has 0 fully saturated rings. The monoisotopic (exact) mass is 293 g/mol. The van der Waals surface area contributed by atoms with E-state index in [9.17, 15) is 9.18 Å². The Morgan fingerprint density at radius 1 is 1.14 bits per heavy atom. The van der Waals surface area contributed by atoms with Gasteiger partial charge in [-0.1, -0.05) is 24.3 Å². The van der Waals surface area contributed by atoms with Crippen LogP contribution in [0.3, 0.4) is 0 Å². The van der Waals surface area contributed by atoms with Crippen molar-refractivity contribution in [2.75, 3.05) is 10.6 Å². The average Bonchev–Trinajstić information content (AvgIpc) is 2.83. The van der Waals surface area contributed by atoms with Crippen molar-refractivity contribution in [2.45, 2.75) is 6.04 Å². The zero-order chi connectivity index (χ0) is 15.1. The molecule has 22 heavy (non-hydrogen) atoms. The maximum Gasteiger partial charge on any atom is 0.251 e. The summed E-state index contributed by atoms with van der Waals surface area (Å²) < 4.78 is 13.3. The third-order valence-electron chi connectivity index (χ3n) is 3.78. The van der Waals surface area contributed by atoms with Gasteiger partial charge in [-0.05, 0) is 24.3 Å². The van der Waals surface area contributed by atoms with Gasteiger partial charge < -0.3 is 10.6 Å². The van der Waals surface area contributed by atoms with Crippen LogP contribution in [0.2, 0.25) is 0 Å². The molecule has 0 spiro atoms. The number of hydrogen-bond acceptors (Lipinski definition) is 3. The molecule has 1 aromatic heterocycles. The number of rotatable bonds is 2. The molecule has 108 valence electrons. The van der Waals surface area contributed by atoms with Gasteiger partial charge in [-0.15, -0.1) is 0 Å². The molecule has 0 aliphatic carbocycles. The highest BCUT2D eigenvalue weighted by Crippen LogP contribution is 2.35. The standard InChI is InChI=1S/C17H12FN3O/c18-11-6-7-12-14(9-11)21-17(22)16(12)20-13-5-1-3-10-4-2-8-19-15(10)13/h1-9,16,20H,(H,21,22). The van der Waals surface area contributed by atoms with Gasteiger partial charge in [0.2, 0.25) is 0 Å². The quantitative estimate of drug-likeness (QED) is 0.760. The highest BCUT2D eigenvalue weighted by Gasteiger charge is 2.31. The van der Waals surface area contributed by atoms with Crippen molar-refractivity contribution in [3.05, 3.63) is 66.1 Å². The number of carbonyl (C=O) groups is 1. The highest BCUT2D eigenvalue weighted by atomic mass is 19.1. The minimum absolute atomic E-state index is 0.200. The zero-order valence-electron chi connectivity index (χ0n) is 11.5. The molecule has 0 saturated carbocycles. The van der Waals surface area contributed by atoms with E-state index in [1.165, 1.54) is 12.1 Å². The minimum Gasteiger partial charge on any atom is -0.368 e. The fraction of sp³-hybridized carbons (Fsp3) is 0.0588. The van der Waals surface area contributed by atoms with E-state index in [0.29, 0.717) is 5.69 Å². The van der Waals surface area contributed by atoms with E-state index in [1.807, 2.05) is 30.3 Å². The first-order valence-electron chi connectivity index (χ1n) is 6.93. The lowest BCUT2D eigenvalue weighted by atomic mass is 10.1. The number of benzene rings is 2. The van der Waals surface area contributed by atoms with Crippen LogP contribution in [0.15, 0.2) is 54.7 Å². The summed E-state index contributed by atoms with van der Waals surface area (Å²) in [5, 5.41) is 6.90. The SMILES string of the molecule is O=C1Nc2cc(F)ccc2C1Nc1cccc2cccnc12. The summed E-state index contributed by atoms with van der Waals surface area (Å²) in [5.41, 5.74) is 2.82. The molecular weight excluding hydrogens is 281 g/mol. The average molecular weight is 293 g/mol. The zero-order valence-corrected chi connectivity index (χ0v) is 11.5. The summed E-state index contributed by atoms with van der Waals surface area (Å²) in [6.07, 6.45) is 1.71. The number of hydrogen-bond donors (Lipinski definition) is 2. The lowest BCUT2D eigenvalue weighted by Gasteiger charge is -2.14. The van der Waals surface area contributed by atoms with Gasteiger partial charge in [0.1, 0.15) is 11.9 Å². The molecule has 1 amide bonds. The normalized spacial score (nSPS) is 16.4. The van der Waals surface area contributed by atoms with Gasteiger partial charge in [-0.2, -0.15) is 0 Å². The van der Waals surface area contributed by atoms with E-state index >= 15 is 0 Å². The van der Waals surface area contributed by atoms with E-state index in [4.69, 9.17) is 0 Å². The summed E-state index contributed by atoms with van der Waals surface area (Å²) in [7, 11) is 0. The summed E-state index contributed by atoms with van der Waals surface area (Å²) in [6, 6.07) is 13.3. The fourth-order valence-electron chi connectivity index (χ4n) is 2.75. The molecule has 0 radical (unpaired) electrons. The molecule has 1 unspecified atom stereocenters.